The highest BCUT2D eigenvalue weighted by atomic mass is 35.5. The smallest absolute Gasteiger partial charge is 0.248 e. The zero-order valence-electron chi connectivity index (χ0n) is 10.1. The Labute approximate surface area is 110 Å². The number of amides is 1. The Morgan fingerprint density at radius 1 is 1.50 bits per heavy atom. The third-order valence-corrected chi connectivity index (χ3v) is 2.82. The molecule has 1 atom stereocenters. The molecule has 1 unspecified atom stereocenters. The molecule has 94 valence electrons. The number of hydrogen-bond donors (Lipinski definition) is 1. The number of hydrogen-bond acceptors (Lipinski definition) is 3. The zero-order valence-corrected chi connectivity index (χ0v) is 10.8. The van der Waals surface area contributed by atoms with Gasteiger partial charge in [-0.2, -0.15) is 5.10 Å². The molecule has 0 spiro atoms. The van der Waals surface area contributed by atoms with Gasteiger partial charge < -0.3 is 5.32 Å². The molecule has 1 N–H and O–H groups in total. The average Bonchev–Trinajstić information content (AvgIpc) is 2.85. The van der Waals surface area contributed by atoms with Crippen molar-refractivity contribution in [2.75, 3.05) is 5.32 Å². The maximum Gasteiger partial charge on any atom is 0.248 e. The van der Waals surface area contributed by atoms with Crippen molar-refractivity contribution in [3.63, 3.8) is 0 Å². The fourth-order valence-electron chi connectivity index (χ4n) is 1.53. The molecule has 0 fully saturated rings. The molecule has 0 bridgehead atoms. The first-order chi connectivity index (χ1) is 8.58. The largest absolute Gasteiger partial charge is 0.323 e. The van der Waals surface area contributed by atoms with E-state index in [-0.39, 0.29) is 11.9 Å². The average molecular weight is 265 g/mol. The lowest BCUT2D eigenvalue weighted by atomic mass is 10.2. The number of pyridine rings is 1. The second-order valence-corrected chi connectivity index (χ2v) is 4.31. The predicted molar refractivity (Wildman–Crippen MR) is 69.6 cm³/mol. The van der Waals surface area contributed by atoms with Gasteiger partial charge in [0.2, 0.25) is 5.91 Å². The van der Waals surface area contributed by atoms with Gasteiger partial charge in [-0.3, -0.25) is 9.48 Å². The summed E-state index contributed by atoms with van der Waals surface area (Å²) in [5, 5.41) is 7.25. The van der Waals surface area contributed by atoms with Gasteiger partial charge in [-0.25, -0.2) is 4.98 Å². The van der Waals surface area contributed by atoms with E-state index in [0.29, 0.717) is 16.5 Å². The monoisotopic (exact) mass is 264 g/mol. The lowest BCUT2D eigenvalue weighted by Gasteiger charge is -2.13. The normalized spacial score (nSPS) is 12.2. The minimum absolute atomic E-state index is 0.147. The van der Waals surface area contributed by atoms with Crippen LogP contribution in [0.2, 0.25) is 5.15 Å². The van der Waals surface area contributed by atoms with Gasteiger partial charge in [0.15, 0.2) is 0 Å². The van der Waals surface area contributed by atoms with Gasteiger partial charge in [-0.15, -0.1) is 0 Å². The van der Waals surface area contributed by atoms with Gasteiger partial charge in [0, 0.05) is 12.4 Å². The SMILES string of the molecule is Cc1nc(Cl)ccc1NC(=O)C(C)n1cccn1. The van der Waals surface area contributed by atoms with E-state index in [1.807, 2.05) is 0 Å². The lowest BCUT2D eigenvalue weighted by molar-refractivity contribution is -0.119. The molecule has 6 heteroatoms. The highest BCUT2D eigenvalue weighted by Crippen LogP contribution is 2.17. The van der Waals surface area contributed by atoms with Crippen LogP contribution < -0.4 is 5.32 Å². The number of nitrogens with one attached hydrogen (secondary N) is 1. The van der Waals surface area contributed by atoms with Crippen LogP contribution in [0.5, 0.6) is 0 Å². The first-order valence-corrected chi connectivity index (χ1v) is 5.89. The van der Waals surface area contributed by atoms with E-state index >= 15 is 0 Å². The van der Waals surface area contributed by atoms with Crippen molar-refractivity contribution in [3.05, 3.63) is 41.4 Å². The number of rotatable bonds is 3. The first-order valence-electron chi connectivity index (χ1n) is 5.51. The van der Waals surface area contributed by atoms with Crippen molar-refractivity contribution < 1.29 is 4.79 Å². The molecule has 18 heavy (non-hydrogen) atoms. The second-order valence-electron chi connectivity index (χ2n) is 3.92. The Bertz CT molecular complexity index is 553. The molecule has 0 aromatic carbocycles. The Balaban J connectivity index is 2.12. The van der Waals surface area contributed by atoms with E-state index in [1.165, 1.54) is 0 Å². The van der Waals surface area contributed by atoms with E-state index in [1.54, 1.807) is 49.1 Å². The van der Waals surface area contributed by atoms with Crippen LogP contribution in [0.25, 0.3) is 0 Å². The molecule has 2 aromatic rings. The molecular formula is C12H13ClN4O. The highest BCUT2D eigenvalue weighted by molar-refractivity contribution is 6.29. The molecule has 5 nitrogen and oxygen atoms in total. The number of nitrogens with zero attached hydrogens (tertiary/aromatic N) is 3. The van der Waals surface area contributed by atoms with Gasteiger partial charge in [0.1, 0.15) is 11.2 Å². The van der Waals surface area contributed by atoms with E-state index in [0.717, 1.165) is 0 Å². The standard InChI is InChI=1S/C12H13ClN4O/c1-8-10(4-5-11(13)15-8)16-12(18)9(2)17-7-3-6-14-17/h3-7,9H,1-2H3,(H,16,18). The summed E-state index contributed by atoms with van der Waals surface area (Å²) >= 11 is 5.76. The van der Waals surface area contributed by atoms with Crippen LogP contribution in [0, 0.1) is 6.92 Å². The molecule has 0 aliphatic rings. The van der Waals surface area contributed by atoms with Crippen molar-refractivity contribution in [1.29, 1.82) is 0 Å². The molecule has 1 amide bonds. The number of aromatic nitrogens is 3. The summed E-state index contributed by atoms with van der Waals surface area (Å²) < 4.78 is 1.59. The van der Waals surface area contributed by atoms with Gasteiger partial charge >= 0.3 is 0 Å². The predicted octanol–water partition coefficient (Wildman–Crippen LogP) is 2.44. The Kier molecular flexibility index (Phi) is 3.62. The van der Waals surface area contributed by atoms with Crippen molar-refractivity contribution in [3.8, 4) is 0 Å². The summed E-state index contributed by atoms with van der Waals surface area (Å²) in [4.78, 5) is 16.1. The van der Waals surface area contributed by atoms with E-state index < -0.39 is 0 Å². The van der Waals surface area contributed by atoms with Crippen LogP contribution in [0.1, 0.15) is 18.7 Å². The number of carbonyl (C=O) groups excluding carboxylic acids is 1. The maximum absolute atomic E-state index is 12.0. The van der Waals surface area contributed by atoms with Gasteiger partial charge in [0.25, 0.3) is 0 Å². The van der Waals surface area contributed by atoms with Crippen LogP contribution in [-0.2, 0) is 4.79 Å². The van der Waals surface area contributed by atoms with Crippen LogP contribution in [0.3, 0.4) is 0 Å². The summed E-state index contributed by atoms with van der Waals surface area (Å²) in [6.07, 6.45) is 3.39. The first kappa shape index (κ1) is 12.6. The van der Waals surface area contributed by atoms with Crippen LogP contribution in [0.15, 0.2) is 30.6 Å². The highest BCUT2D eigenvalue weighted by Gasteiger charge is 2.16. The third-order valence-electron chi connectivity index (χ3n) is 2.61. The van der Waals surface area contributed by atoms with Crippen molar-refractivity contribution >= 4 is 23.2 Å². The Hall–Kier alpha value is -1.88. The summed E-state index contributed by atoms with van der Waals surface area (Å²) in [6.45, 7) is 3.57. The van der Waals surface area contributed by atoms with Gasteiger partial charge in [0.05, 0.1) is 11.4 Å². The zero-order chi connectivity index (χ0) is 13.1. The Morgan fingerprint density at radius 3 is 2.89 bits per heavy atom. The van der Waals surface area contributed by atoms with E-state index in [9.17, 15) is 4.79 Å². The quantitative estimate of drug-likeness (QED) is 0.866. The minimum atomic E-state index is -0.380. The molecule has 0 saturated carbocycles. The van der Waals surface area contributed by atoms with Gasteiger partial charge in [-0.05, 0) is 32.0 Å². The molecule has 0 aliphatic carbocycles. The fraction of sp³-hybridized carbons (Fsp3) is 0.250. The molecule has 2 aromatic heterocycles. The van der Waals surface area contributed by atoms with Crippen molar-refractivity contribution in [1.82, 2.24) is 14.8 Å². The number of carbonyl (C=O) groups is 1. The molecule has 2 rings (SSSR count). The minimum Gasteiger partial charge on any atom is -0.323 e. The summed E-state index contributed by atoms with van der Waals surface area (Å²) in [7, 11) is 0. The topological polar surface area (TPSA) is 59.8 Å². The molecule has 0 radical (unpaired) electrons. The number of aryl methyl sites for hydroxylation is 1. The molecule has 0 saturated heterocycles. The maximum atomic E-state index is 12.0. The van der Waals surface area contributed by atoms with E-state index in [4.69, 9.17) is 11.6 Å². The molecule has 0 aliphatic heterocycles. The number of anilines is 1. The summed E-state index contributed by atoms with van der Waals surface area (Å²) in [6, 6.07) is 4.77. The Morgan fingerprint density at radius 2 is 2.28 bits per heavy atom. The number of halogens is 1. The van der Waals surface area contributed by atoms with Crippen LogP contribution in [-0.4, -0.2) is 20.7 Å². The summed E-state index contributed by atoms with van der Waals surface area (Å²) in [5.74, 6) is -0.147. The molecule has 2 heterocycles. The second kappa shape index (κ2) is 5.18. The van der Waals surface area contributed by atoms with Gasteiger partial charge in [-0.1, -0.05) is 11.6 Å². The molecular weight excluding hydrogens is 252 g/mol. The van der Waals surface area contributed by atoms with Crippen molar-refractivity contribution in [2.24, 2.45) is 0 Å². The van der Waals surface area contributed by atoms with E-state index in [2.05, 4.69) is 15.4 Å². The van der Waals surface area contributed by atoms with Crippen molar-refractivity contribution in [2.45, 2.75) is 19.9 Å². The third kappa shape index (κ3) is 2.68. The van der Waals surface area contributed by atoms with Crippen LogP contribution in [0.4, 0.5) is 5.69 Å². The fourth-order valence-corrected chi connectivity index (χ4v) is 1.72. The van der Waals surface area contributed by atoms with Crippen LogP contribution >= 0.6 is 11.6 Å². The lowest BCUT2D eigenvalue weighted by Crippen LogP contribution is -2.24. The summed E-state index contributed by atoms with van der Waals surface area (Å²) in [5.41, 5.74) is 1.34.